The van der Waals surface area contributed by atoms with Crippen LogP contribution in [0, 0.1) is 0 Å². The van der Waals surface area contributed by atoms with Gasteiger partial charge in [-0.2, -0.15) is 0 Å². The fourth-order valence-electron chi connectivity index (χ4n) is 4.31. The van der Waals surface area contributed by atoms with E-state index in [1.165, 1.54) is 4.88 Å². The van der Waals surface area contributed by atoms with E-state index in [0.29, 0.717) is 6.04 Å². The quantitative estimate of drug-likeness (QED) is 0.526. The molecule has 0 aromatic carbocycles. The molecule has 1 aromatic heterocycles. The molecule has 2 unspecified atom stereocenters. The molecule has 30 heavy (non-hydrogen) atoms. The third-order valence-corrected chi connectivity index (χ3v) is 6.77. The lowest BCUT2D eigenvalue weighted by atomic mass is 9.98. The highest BCUT2D eigenvalue weighted by Gasteiger charge is 2.45. The average molecular weight is 436 g/mol. The lowest BCUT2D eigenvalue weighted by molar-refractivity contribution is 0.00545. The summed E-state index contributed by atoms with van der Waals surface area (Å²) < 4.78 is 5.64. The van der Waals surface area contributed by atoms with Gasteiger partial charge in [0.1, 0.15) is 5.60 Å². The molecule has 3 rings (SSSR count). The first-order chi connectivity index (χ1) is 14.3. The Balaban J connectivity index is 1.54. The largest absolute Gasteiger partial charge is 0.444 e. The molecule has 2 saturated heterocycles. The molecule has 0 aliphatic carbocycles. The number of guanidine groups is 1. The van der Waals surface area contributed by atoms with Crippen molar-refractivity contribution in [1.82, 2.24) is 20.5 Å². The summed E-state index contributed by atoms with van der Waals surface area (Å²) in [4.78, 5) is 25.2. The number of aromatic nitrogens is 1. The summed E-state index contributed by atoms with van der Waals surface area (Å²) in [6.07, 6.45) is 7.70. The van der Waals surface area contributed by atoms with Gasteiger partial charge in [-0.3, -0.25) is 4.99 Å². The number of aryl methyl sites for hydroxylation is 1. The van der Waals surface area contributed by atoms with E-state index >= 15 is 0 Å². The molecule has 2 aliphatic rings. The molecule has 8 heteroatoms. The van der Waals surface area contributed by atoms with E-state index in [4.69, 9.17) is 9.73 Å². The molecule has 2 N–H and O–H groups in total. The van der Waals surface area contributed by atoms with Crippen molar-refractivity contribution in [2.45, 2.75) is 96.9 Å². The van der Waals surface area contributed by atoms with E-state index in [1.807, 2.05) is 31.9 Å². The Kier molecular flexibility index (Phi) is 7.60. The molecule has 3 heterocycles. The number of fused-ring (bicyclic) bond motifs is 2. The maximum absolute atomic E-state index is 12.6. The van der Waals surface area contributed by atoms with Gasteiger partial charge in [0.25, 0.3) is 0 Å². The fourth-order valence-corrected chi connectivity index (χ4v) is 5.16. The molecule has 2 fully saturated rings. The third-order valence-electron chi connectivity index (χ3n) is 5.57. The van der Waals surface area contributed by atoms with Gasteiger partial charge >= 0.3 is 6.09 Å². The number of nitrogens with one attached hydrogen (secondary N) is 2. The smallest absolute Gasteiger partial charge is 0.410 e. The Labute approximate surface area is 184 Å². The summed E-state index contributed by atoms with van der Waals surface area (Å²) in [6.45, 7) is 11.6. The van der Waals surface area contributed by atoms with E-state index in [9.17, 15) is 4.79 Å². The maximum atomic E-state index is 12.6. The summed E-state index contributed by atoms with van der Waals surface area (Å²) in [5.41, 5.74) is -0.453. The van der Waals surface area contributed by atoms with Crippen molar-refractivity contribution in [3.05, 3.63) is 16.1 Å². The number of aliphatic imine (C=N–C) groups is 1. The van der Waals surface area contributed by atoms with Crippen LogP contribution in [0.25, 0.3) is 0 Å². The average Bonchev–Trinajstić information content (AvgIpc) is 3.23. The van der Waals surface area contributed by atoms with Crippen LogP contribution in [0.5, 0.6) is 0 Å². The second-order valence-corrected chi connectivity index (χ2v) is 10.4. The number of carbonyl (C=O) groups excluding carboxylic acids is 1. The van der Waals surface area contributed by atoms with Crippen molar-refractivity contribution in [3.63, 3.8) is 0 Å². The number of nitrogens with zero attached hydrogens (tertiary/aromatic N) is 3. The first-order valence-electron chi connectivity index (χ1n) is 11.3. The monoisotopic (exact) mass is 435 g/mol. The van der Waals surface area contributed by atoms with Crippen molar-refractivity contribution in [1.29, 1.82) is 0 Å². The normalized spacial score (nSPS) is 24.1. The van der Waals surface area contributed by atoms with Gasteiger partial charge in [0.05, 0.1) is 5.01 Å². The van der Waals surface area contributed by atoms with Crippen LogP contribution in [0.2, 0.25) is 0 Å². The number of ether oxygens (including phenoxy) is 1. The van der Waals surface area contributed by atoms with Crippen LogP contribution < -0.4 is 10.6 Å². The molecular weight excluding hydrogens is 398 g/mol. The van der Waals surface area contributed by atoms with Gasteiger partial charge in [-0.15, -0.1) is 11.3 Å². The second-order valence-electron chi connectivity index (χ2n) is 9.17. The van der Waals surface area contributed by atoms with E-state index in [1.54, 1.807) is 11.3 Å². The van der Waals surface area contributed by atoms with Crippen LogP contribution in [0.1, 0.15) is 70.2 Å². The summed E-state index contributed by atoms with van der Waals surface area (Å²) in [5, 5.41) is 8.12. The molecule has 1 amide bonds. The maximum Gasteiger partial charge on any atom is 0.410 e. The van der Waals surface area contributed by atoms with Gasteiger partial charge in [-0.1, -0.05) is 6.92 Å². The lowest BCUT2D eigenvalue weighted by Gasteiger charge is -2.40. The number of amides is 1. The van der Waals surface area contributed by atoms with Crippen molar-refractivity contribution >= 4 is 23.4 Å². The number of hydrogen-bond acceptors (Lipinski definition) is 5. The number of carbonyl (C=O) groups is 1. The fraction of sp³-hybridized carbons (Fsp3) is 0.773. The molecule has 2 bridgehead atoms. The summed E-state index contributed by atoms with van der Waals surface area (Å²) in [6, 6.07) is 0.828. The zero-order valence-corrected chi connectivity index (χ0v) is 19.8. The van der Waals surface area contributed by atoms with E-state index in [0.717, 1.165) is 62.6 Å². The van der Waals surface area contributed by atoms with Gasteiger partial charge in [-0.05, 0) is 59.8 Å². The molecule has 168 valence electrons. The minimum atomic E-state index is -0.453. The highest BCUT2D eigenvalue weighted by molar-refractivity contribution is 7.11. The second kappa shape index (κ2) is 9.98. The number of piperidine rings is 1. The van der Waals surface area contributed by atoms with Crippen molar-refractivity contribution in [2.24, 2.45) is 4.99 Å². The number of hydrogen-bond donors (Lipinski definition) is 2. The molecule has 2 atom stereocenters. The van der Waals surface area contributed by atoms with E-state index < -0.39 is 5.60 Å². The van der Waals surface area contributed by atoms with E-state index in [2.05, 4.69) is 29.5 Å². The van der Waals surface area contributed by atoms with Crippen molar-refractivity contribution in [2.75, 3.05) is 13.1 Å². The Morgan fingerprint density at radius 3 is 2.57 bits per heavy atom. The first-order valence-corrected chi connectivity index (χ1v) is 12.1. The molecule has 7 nitrogen and oxygen atoms in total. The van der Waals surface area contributed by atoms with Crippen LogP contribution in [0.3, 0.4) is 0 Å². The summed E-state index contributed by atoms with van der Waals surface area (Å²) in [7, 11) is 0. The Bertz CT molecular complexity index is 728. The van der Waals surface area contributed by atoms with Crippen LogP contribution in [-0.2, 0) is 17.6 Å². The molecule has 2 aliphatic heterocycles. The minimum absolute atomic E-state index is 0.163. The number of thiazole rings is 1. The lowest BCUT2D eigenvalue weighted by Crippen LogP contribution is -2.55. The summed E-state index contributed by atoms with van der Waals surface area (Å²) >= 11 is 1.78. The zero-order valence-electron chi connectivity index (χ0n) is 19.0. The SMILES string of the molecule is CCNC(=NCCc1ncc(CC)s1)NC1CC2CCC(C1)N2C(=O)OC(C)(C)C. The van der Waals surface area contributed by atoms with Crippen LogP contribution in [0.4, 0.5) is 4.79 Å². The van der Waals surface area contributed by atoms with Crippen LogP contribution >= 0.6 is 11.3 Å². The van der Waals surface area contributed by atoms with Gasteiger partial charge in [0.2, 0.25) is 0 Å². The Hall–Kier alpha value is -1.83. The predicted octanol–water partition coefficient (Wildman–Crippen LogP) is 3.73. The molecule has 0 radical (unpaired) electrons. The standard InChI is InChI=1S/C22H37N5O2S/c1-6-18-14-25-19(30-18)10-11-24-20(23-7-2)26-15-12-16-8-9-17(13-15)27(16)21(28)29-22(3,4)5/h14-17H,6-13H2,1-5H3,(H2,23,24,26). The predicted molar refractivity (Wildman–Crippen MR) is 122 cm³/mol. The summed E-state index contributed by atoms with van der Waals surface area (Å²) in [5.74, 6) is 0.861. The molecule has 0 saturated carbocycles. The van der Waals surface area contributed by atoms with Gasteiger partial charge in [0, 0.05) is 48.7 Å². The van der Waals surface area contributed by atoms with Crippen LogP contribution in [0.15, 0.2) is 11.2 Å². The van der Waals surface area contributed by atoms with Crippen molar-refractivity contribution < 1.29 is 9.53 Å². The topological polar surface area (TPSA) is 78.9 Å². The third kappa shape index (κ3) is 6.09. The Morgan fingerprint density at radius 1 is 1.30 bits per heavy atom. The Morgan fingerprint density at radius 2 is 2.00 bits per heavy atom. The van der Waals surface area contributed by atoms with Gasteiger partial charge < -0.3 is 20.3 Å². The minimum Gasteiger partial charge on any atom is -0.444 e. The molecular formula is C22H37N5O2S. The molecule has 1 aromatic rings. The first kappa shape index (κ1) is 22.8. The number of rotatable bonds is 6. The van der Waals surface area contributed by atoms with Crippen LogP contribution in [-0.4, -0.2) is 58.8 Å². The highest BCUT2D eigenvalue weighted by Crippen LogP contribution is 2.36. The van der Waals surface area contributed by atoms with E-state index in [-0.39, 0.29) is 18.2 Å². The van der Waals surface area contributed by atoms with Crippen molar-refractivity contribution in [3.8, 4) is 0 Å². The van der Waals surface area contributed by atoms with Gasteiger partial charge in [0.15, 0.2) is 5.96 Å². The highest BCUT2D eigenvalue weighted by atomic mass is 32.1. The zero-order chi connectivity index (χ0) is 21.7. The van der Waals surface area contributed by atoms with Gasteiger partial charge in [-0.25, -0.2) is 9.78 Å². The molecule has 0 spiro atoms.